The fourth-order valence-corrected chi connectivity index (χ4v) is 9.27. The molecule has 0 radical (unpaired) electrons. The molecule has 5 rings (SSSR count). The van der Waals surface area contributed by atoms with E-state index >= 15 is 0 Å². The van der Waals surface area contributed by atoms with Gasteiger partial charge in [0.15, 0.2) is 9.84 Å². The lowest BCUT2D eigenvalue weighted by Crippen LogP contribution is -2.48. The molecule has 2 aromatic carbocycles. The van der Waals surface area contributed by atoms with Gasteiger partial charge in [-0.1, -0.05) is 28.1 Å². The Labute approximate surface area is 242 Å². The van der Waals surface area contributed by atoms with Crippen molar-refractivity contribution in [3.8, 4) is 0 Å². The molecule has 0 unspecified atom stereocenters. The van der Waals surface area contributed by atoms with E-state index in [-0.39, 0.29) is 10.9 Å². The summed E-state index contributed by atoms with van der Waals surface area (Å²) in [6.07, 6.45) is -0.179. The van der Waals surface area contributed by atoms with E-state index in [2.05, 4.69) is 32.9 Å². The summed E-state index contributed by atoms with van der Waals surface area (Å²) in [5.74, 6) is 0.466. The molecule has 3 aromatic rings. The highest BCUT2D eigenvalue weighted by Crippen LogP contribution is 2.48. The molecular formula is C30H35BrF3N3O2S. The van der Waals surface area contributed by atoms with Crippen LogP contribution >= 0.6 is 15.9 Å². The van der Waals surface area contributed by atoms with Gasteiger partial charge in [-0.3, -0.25) is 4.68 Å². The van der Waals surface area contributed by atoms with Crippen LogP contribution < -0.4 is 0 Å². The van der Waals surface area contributed by atoms with Crippen LogP contribution in [-0.2, 0) is 27.8 Å². The van der Waals surface area contributed by atoms with Crippen LogP contribution in [0, 0.1) is 13.8 Å². The first-order valence-corrected chi connectivity index (χ1v) is 16.0. The maximum Gasteiger partial charge on any atom is 0.416 e. The van der Waals surface area contributed by atoms with Crippen LogP contribution in [0.2, 0.25) is 0 Å². The molecule has 0 amide bonds. The Hall–Kier alpha value is -2.17. The molecule has 1 aliphatic heterocycles. The topological polar surface area (TPSA) is 55.2 Å². The van der Waals surface area contributed by atoms with Crippen LogP contribution in [-0.4, -0.2) is 42.2 Å². The van der Waals surface area contributed by atoms with Gasteiger partial charge in [0.25, 0.3) is 0 Å². The van der Waals surface area contributed by atoms with E-state index in [1.54, 1.807) is 0 Å². The van der Waals surface area contributed by atoms with Crippen molar-refractivity contribution >= 4 is 25.8 Å². The monoisotopic (exact) mass is 637 g/mol. The Balaban J connectivity index is 1.36. The van der Waals surface area contributed by atoms with Crippen LogP contribution in [0.5, 0.6) is 0 Å². The van der Waals surface area contributed by atoms with Gasteiger partial charge in [0.2, 0.25) is 0 Å². The fraction of sp³-hybridized carbons (Fsp3) is 0.500. The molecule has 2 heterocycles. The average Bonchev–Trinajstić information content (AvgIpc) is 3.19. The van der Waals surface area contributed by atoms with E-state index in [0.29, 0.717) is 37.2 Å². The zero-order valence-electron chi connectivity index (χ0n) is 23.0. The van der Waals surface area contributed by atoms with Crippen molar-refractivity contribution in [2.24, 2.45) is 7.05 Å². The summed E-state index contributed by atoms with van der Waals surface area (Å²) in [5, 5.41) is 4.60. The maximum atomic E-state index is 14.2. The van der Waals surface area contributed by atoms with Gasteiger partial charge in [-0.05, 0) is 113 Å². The van der Waals surface area contributed by atoms with Gasteiger partial charge in [0.05, 0.1) is 16.2 Å². The molecule has 0 spiro atoms. The number of aromatic nitrogens is 2. The highest BCUT2D eigenvalue weighted by atomic mass is 79.9. The molecule has 10 heteroatoms. The molecule has 1 aliphatic carbocycles. The standard InChI is InChI=1S/C30H35BrF3N3O2S/c1-20-21(2)35-36(3)28(20)22-14-18-37(19-15-22)26-12-16-29(17-13-26,23-4-8-25(31)9-5-23)40(38,39)27-10-6-24(7-11-27)30(32,33)34/h4-11,22,26H,12-19H2,1-3H3. The minimum atomic E-state index is -4.52. The van der Waals surface area contributed by atoms with Crippen LogP contribution in [0.4, 0.5) is 13.2 Å². The molecule has 216 valence electrons. The largest absolute Gasteiger partial charge is 0.416 e. The van der Waals surface area contributed by atoms with Gasteiger partial charge in [0, 0.05) is 29.2 Å². The Bertz CT molecular complexity index is 1450. The predicted molar refractivity (Wildman–Crippen MR) is 153 cm³/mol. The van der Waals surface area contributed by atoms with Crippen molar-refractivity contribution in [2.45, 2.75) is 80.2 Å². The van der Waals surface area contributed by atoms with Crippen molar-refractivity contribution in [1.29, 1.82) is 0 Å². The number of sulfone groups is 1. The average molecular weight is 639 g/mol. The third-order valence-corrected chi connectivity index (χ3v) is 12.2. The number of piperidine rings is 1. The summed E-state index contributed by atoms with van der Waals surface area (Å²) in [7, 11) is -1.95. The van der Waals surface area contributed by atoms with Crippen molar-refractivity contribution in [3.05, 3.63) is 81.1 Å². The van der Waals surface area contributed by atoms with E-state index in [1.807, 2.05) is 42.9 Å². The molecule has 0 bridgehead atoms. The summed E-state index contributed by atoms with van der Waals surface area (Å²) in [6, 6.07) is 11.5. The summed E-state index contributed by atoms with van der Waals surface area (Å²) in [5.41, 5.74) is 3.50. The van der Waals surface area contributed by atoms with Gasteiger partial charge in [-0.15, -0.1) is 0 Å². The van der Waals surface area contributed by atoms with Crippen LogP contribution in [0.1, 0.15) is 72.5 Å². The zero-order chi connectivity index (χ0) is 28.9. The molecular weight excluding hydrogens is 603 g/mol. The van der Waals surface area contributed by atoms with Crippen molar-refractivity contribution in [2.75, 3.05) is 13.1 Å². The van der Waals surface area contributed by atoms with E-state index in [4.69, 9.17) is 0 Å². The van der Waals surface area contributed by atoms with E-state index in [9.17, 15) is 21.6 Å². The Morgan fingerprint density at radius 3 is 2.00 bits per heavy atom. The molecule has 2 aliphatic rings. The fourth-order valence-electron chi connectivity index (χ4n) is 6.84. The van der Waals surface area contributed by atoms with Gasteiger partial charge in [-0.2, -0.15) is 18.3 Å². The number of hydrogen-bond acceptors (Lipinski definition) is 4. The van der Waals surface area contributed by atoms with Crippen molar-refractivity contribution < 1.29 is 21.6 Å². The third-order valence-electron chi connectivity index (χ3n) is 9.15. The minimum absolute atomic E-state index is 0.0653. The third kappa shape index (κ3) is 5.27. The number of rotatable bonds is 5. The number of hydrogen-bond donors (Lipinski definition) is 0. The second kappa shape index (κ2) is 10.9. The Morgan fingerprint density at radius 1 is 0.925 bits per heavy atom. The summed E-state index contributed by atoms with van der Waals surface area (Å²) in [6.45, 7) is 6.10. The SMILES string of the molecule is Cc1nn(C)c(C2CCN(C3CCC(c4ccc(Br)cc4)(S(=O)(=O)c4ccc(C(F)(F)F)cc4)CC3)CC2)c1C. The number of nitrogens with zero attached hydrogens (tertiary/aromatic N) is 3. The van der Waals surface area contributed by atoms with Crippen LogP contribution in [0.3, 0.4) is 0 Å². The van der Waals surface area contributed by atoms with Gasteiger partial charge in [0.1, 0.15) is 4.75 Å². The van der Waals surface area contributed by atoms with E-state index in [1.165, 1.54) is 11.3 Å². The second-order valence-corrected chi connectivity index (χ2v) is 14.5. The first kappa shape index (κ1) is 29.3. The first-order chi connectivity index (χ1) is 18.8. The Kier molecular flexibility index (Phi) is 8.00. The number of likely N-dealkylation sites (tertiary alicyclic amines) is 1. The molecule has 0 atom stereocenters. The van der Waals surface area contributed by atoms with E-state index < -0.39 is 26.3 Å². The minimum Gasteiger partial charge on any atom is -0.300 e. The Morgan fingerprint density at radius 2 is 1.50 bits per heavy atom. The lowest BCUT2D eigenvalue weighted by molar-refractivity contribution is -0.137. The van der Waals surface area contributed by atoms with Gasteiger partial charge < -0.3 is 4.90 Å². The highest BCUT2D eigenvalue weighted by molar-refractivity contribution is 9.10. The number of halogens is 4. The molecule has 0 N–H and O–H groups in total. The lowest BCUT2D eigenvalue weighted by atomic mass is 9.79. The summed E-state index contributed by atoms with van der Waals surface area (Å²) < 4.78 is 69.6. The number of benzene rings is 2. The zero-order valence-corrected chi connectivity index (χ0v) is 25.4. The quantitative estimate of drug-likeness (QED) is 0.294. The smallest absolute Gasteiger partial charge is 0.300 e. The maximum absolute atomic E-state index is 14.2. The van der Waals surface area contributed by atoms with Crippen LogP contribution in [0.25, 0.3) is 0 Å². The van der Waals surface area contributed by atoms with E-state index in [0.717, 1.165) is 60.4 Å². The molecule has 1 saturated heterocycles. The first-order valence-electron chi connectivity index (χ1n) is 13.8. The lowest BCUT2D eigenvalue weighted by Gasteiger charge is -2.45. The van der Waals surface area contributed by atoms with Crippen LogP contribution in [0.15, 0.2) is 57.9 Å². The molecule has 40 heavy (non-hydrogen) atoms. The summed E-state index contributed by atoms with van der Waals surface area (Å²) in [4.78, 5) is 2.44. The normalized spacial score (nSPS) is 23.4. The molecule has 1 saturated carbocycles. The molecule has 2 fully saturated rings. The molecule has 5 nitrogen and oxygen atoms in total. The molecule has 1 aromatic heterocycles. The number of alkyl halides is 3. The second-order valence-electron chi connectivity index (χ2n) is 11.3. The van der Waals surface area contributed by atoms with Gasteiger partial charge in [-0.25, -0.2) is 8.42 Å². The van der Waals surface area contributed by atoms with Gasteiger partial charge >= 0.3 is 6.18 Å². The van der Waals surface area contributed by atoms with Crippen molar-refractivity contribution in [3.63, 3.8) is 0 Å². The highest BCUT2D eigenvalue weighted by Gasteiger charge is 2.49. The summed E-state index contributed by atoms with van der Waals surface area (Å²) >= 11 is 3.43. The van der Waals surface area contributed by atoms with Crippen molar-refractivity contribution in [1.82, 2.24) is 14.7 Å². The predicted octanol–water partition coefficient (Wildman–Crippen LogP) is 7.31. The number of aryl methyl sites for hydroxylation is 2.